The molecule has 33 heavy (non-hydrogen) atoms. The van der Waals surface area contributed by atoms with Crippen LogP contribution in [0.25, 0.3) is 0 Å². The van der Waals surface area contributed by atoms with Crippen LogP contribution in [0.15, 0.2) is 53.4 Å². The summed E-state index contributed by atoms with van der Waals surface area (Å²) in [5.74, 6) is -0.00900. The Balaban J connectivity index is 1.65. The fourth-order valence-electron chi connectivity index (χ4n) is 3.98. The number of hydrogen-bond donors (Lipinski definition) is 1. The lowest BCUT2D eigenvalue weighted by Crippen LogP contribution is -2.24. The molecule has 0 bridgehead atoms. The van der Waals surface area contributed by atoms with Crippen molar-refractivity contribution in [1.82, 2.24) is 5.32 Å². The summed E-state index contributed by atoms with van der Waals surface area (Å²) in [5, 5.41) is 3.05. The van der Waals surface area contributed by atoms with E-state index in [-0.39, 0.29) is 5.91 Å². The first kappa shape index (κ1) is 27.1. The molecule has 5 heteroatoms. The molecule has 1 N–H and O–H groups in total. The molecule has 0 spiro atoms. The standard InChI is InChI=1S/C28H41NO3S/c1-3-4-5-6-7-8-9-10-11-12-22-29-28(30)26-15-13-14-25(23-26)17-16-24-18-20-27(21-19-24)33(2,31)32/h13-15,18-21,23H,3-12,16-17,22H2,1-2H3,(H,29,30). The van der Waals surface area contributed by atoms with Gasteiger partial charge in [0.15, 0.2) is 9.84 Å². The number of carbonyl (C=O) groups excluding carboxylic acids is 1. The summed E-state index contributed by atoms with van der Waals surface area (Å²) < 4.78 is 23.2. The first-order valence-corrected chi connectivity index (χ1v) is 14.5. The topological polar surface area (TPSA) is 63.2 Å². The van der Waals surface area contributed by atoms with E-state index in [9.17, 15) is 13.2 Å². The van der Waals surface area contributed by atoms with Crippen LogP contribution in [0.1, 0.15) is 92.6 Å². The van der Waals surface area contributed by atoms with Gasteiger partial charge >= 0.3 is 0 Å². The molecule has 182 valence electrons. The maximum Gasteiger partial charge on any atom is 0.251 e. The summed E-state index contributed by atoms with van der Waals surface area (Å²) in [4.78, 5) is 12.8. The van der Waals surface area contributed by atoms with Crippen molar-refractivity contribution in [3.8, 4) is 0 Å². The number of unbranched alkanes of at least 4 members (excludes halogenated alkanes) is 9. The first-order valence-electron chi connectivity index (χ1n) is 12.6. The smallest absolute Gasteiger partial charge is 0.251 e. The molecule has 0 saturated heterocycles. The fraction of sp³-hybridized carbons (Fsp3) is 0.536. The third kappa shape index (κ3) is 11.0. The minimum Gasteiger partial charge on any atom is -0.352 e. The van der Waals surface area contributed by atoms with Crippen molar-refractivity contribution in [2.45, 2.75) is 88.9 Å². The third-order valence-electron chi connectivity index (χ3n) is 6.06. The van der Waals surface area contributed by atoms with E-state index in [0.29, 0.717) is 10.5 Å². The minimum absolute atomic E-state index is 0.00900. The highest BCUT2D eigenvalue weighted by molar-refractivity contribution is 7.90. The average Bonchev–Trinajstić information content (AvgIpc) is 2.81. The Morgan fingerprint density at radius 3 is 1.94 bits per heavy atom. The molecule has 0 aromatic heterocycles. The van der Waals surface area contributed by atoms with Gasteiger partial charge in [-0.2, -0.15) is 0 Å². The number of nitrogens with one attached hydrogen (secondary N) is 1. The van der Waals surface area contributed by atoms with E-state index in [2.05, 4.69) is 12.2 Å². The molecule has 4 nitrogen and oxygen atoms in total. The fourth-order valence-corrected chi connectivity index (χ4v) is 4.61. The van der Waals surface area contributed by atoms with E-state index in [1.54, 1.807) is 12.1 Å². The SMILES string of the molecule is CCCCCCCCCCCCNC(=O)c1cccc(CCc2ccc(S(C)(=O)=O)cc2)c1. The number of hydrogen-bond acceptors (Lipinski definition) is 3. The van der Waals surface area contributed by atoms with Crippen molar-refractivity contribution in [2.24, 2.45) is 0 Å². The summed E-state index contributed by atoms with van der Waals surface area (Å²) in [6.07, 6.45) is 15.7. The van der Waals surface area contributed by atoms with E-state index >= 15 is 0 Å². The van der Waals surface area contributed by atoms with Crippen molar-refractivity contribution >= 4 is 15.7 Å². The lowest BCUT2D eigenvalue weighted by molar-refractivity contribution is 0.0953. The van der Waals surface area contributed by atoms with E-state index in [0.717, 1.165) is 36.9 Å². The lowest BCUT2D eigenvalue weighted by atomic mass is 10.0. The normalized spacial score (nSPS) is 11.5. The Morgan fingerprint density at radius 1 is 0.758 bits per heavy atom. The summed E-state index contributed by atoms with van der Waals surface area (Å²) in [5.41, 5.74) is 2.89. The van der Waals surface area contributed by atoms with Crippen molar-refractivity contribution in [3.05, 3.63) is 65.2 Å². The number of amides is 1. The summed E-state index contributed by atoms with van der Waals surface area (Å²) in [6.45, 7) is 2.98. The molecule has 0 aliphatic carbocycles. The molecule has 0 aliphatic heterocycles. The van der Waals surface area contributed by atoms with Gasteiger partial charge in [0.25, 0.3) is 5.91 Å². The van der Waals surface area contributed by atoms with Gasteiger partial charge < -0.3 is 5.32 Å². The van der Waals surface area contributed by atoms with Gasteiger partial charge in [-0.05, 0) is 54.7 Å². The van der Waals surface area contributed by atoms with Gasteiger partial charge in [0.1, 0.15) is 0 Å². The molecule has 0 heterocycles. The second kappa shape index (κ2) is 14.9. The highest BCUT2D eigenvalue weighted by Gasteiger charge is 2.08. The van der Waals surface area contributed by atoms with Crippen LogP contribution >= 0.6 is 0 Å². The molecule has 2 aromatic carbocycles. The lowest BCUT2D eigenvalue weighted by Gasteiger charge is -2.08. The number of benzene rings is 2. The molecule has 0 fully saturated rings. The van der Waals surface area contributed by atoms with Crippen molar-refractivity contribution < 1.29 is 13.2 Å². The van der Waals surface area contributed by atoms with Crippen molar-refractivity contribution in [2.75, 3.05) is 12.8 Å². The van der Waals surface area contributed by atoms with Crippen LogP contribution < -0.4 is 5.32 Å². The van der Waals surface area contributed by atoms with E-state index in [1.807, 2.05) is 36.4 Å². The van der Waals surface area contributed by atoms with Gasteiger partial charge in [0, 0.05) is 18.4 Å². The quantitative estimate of drug-likeness (QED) is 0.283. The number of rotatable bonds is 16. The largest absolute Gasteiger partial charge is 0.352 e. The van der Waals surface area contributed by atoms with E-state index in [4.69, 9.17) is 0 Å². The molecular formula is C28H41NO3S. The molecule has 2 rings (SSSR count). The number of carbonyl (C=O) groups is 1. The van der Waals surface area contributed by atoms with E-state index < -0.39 is 9.84 Å². The second-order valence-corrected chi connectivity index (χ2v) is 11.1. The molecule has 0 radical (unpaired) electrons. The Bertz CT molecular complexity index is 936. The molecule has 0 saturated carbocycles. The van der Waals surface area contributed by atoms with Gasteiger partial charge in [-0.25, -0.2) is 8.42 Å². The van der Waals surface area contributed by atoms with Crippen LogP contribution in [0, 0.1) is 0 Å². The Kier molecular flexibility index (Phi) is 12.2. The zero-order chi connectivity index (χ0) is 23.9. The van der Waals surface area contributed by atoms with Gasteiger partial charge in [-0.15, -0.1) is 0 Å². The zero-order valence-electron chi connectivity index (χ0n) is 20.4. The van der Waals surface area contributed by atoms with Gasteiger partial charge in [-0.1, -0.05) is 89.0 Å². The van der Waals surface area contributed by atoms with Gasteiger partial charge in [-0.3, -0.25) is 4.79 Å². The van der Waals surface area contributed by atoms with Gasteiger partial charge in [0.05, 0.1) is 4.90 Å². The van der Waals surface area contributed by atoms with E-state index in [1.165, 1.54) is 64.0 Å². The number of aryl methyl sites for hydroxylation is 2. The van der Waals surface area contributed by atoms with Crippen LogP contribution in [0.3, 0.4) is 0 Å². The molecule has 0 aliphatic rings. The monoisotopic (exact) mass is 471 g/mol. The highest BCUT2D eigenvalue weighted by Crippen LogP contribution is 2.14. The van der Waals surface area contributed by atoms with Crippen molar-refractivity contribution in [3.63, 3.8) is 0 Å². The summed E-state index contributed by atoms with van der Waals surface area (Å²) in [6, 6.07) is 14.8. The average molecular weight is 472 g/mol. The Labute approximate surface area is 201 Å². The van der Waals surface area contributed by atoms with Crippen LogP contribution in [-0.2, 0) is 22.7 Å². The Hall–Kier alpha value is -2.14. The molecule has 0 unspecified atom stereocenters. The van der Waals surface area contributed by atoms with Crippen LogP contribution in [0.4, 0.5) is 0 Å². The maximum absolute atomic E-state index is 12.5. The van der Waals surface area contributed by atoms with Crippen LogP contribution in [-0.4, -0.2) is 27.1 Å². The molecular weight excluding hydrogens is 430 g/mol. The first-order chi connectivity index (χ1) is 15.9. The van der Waals surface area contributed by atoms with Crippen molar-refractivity contribution in [1.29, 1.82) is 0 Å². The van der Waals surface area contributed by atoms with Crippen LogP contribution in [0.5, 0.6) is 0 Å². The maximum atomic E-state index is 12.5. The molecule has 2 aromatic rings. The van der Waals surface area contributed by atoms with Crippen LogP contribution in [0.2, 0.25) is 0 Å². The number of sulfone groups is 1. The highest BCUT2D eigenvalue weighted by atomic mass is 32.2. The third-order valence-corrected chi connectivity index (χ3v) is 7.19. The predicted octanol–water partition coefficient (Wildman–Crippen LogP) is 6.53. The Morgan fingerprint density at radius 2 is 1.33 bits per heavy atom. The second-order valence-electron chi connectivity index (χ2n) is 9.05. The minimum atomic E-state index is -3.17. The molecule has 1 amide bonds. The summed E-state index contributed by atoms with van der Waals surface area (Å²) in [7, 11) is -3.17. The van der Waals surface area contributed by atoms with Gasteiger partial charge in [0.2, 0.25) is 0 Å². The summed E-state index contributed by atoms with van der Waals surface area (Å²) >= 11 is 0. The molecule has 0 atom stereocenters. The predicted molar refractivity (Wildman–Crippen MR) is 138 cm³/mol. The zero-order valence-corrected chi connectivity index (χ0v) is 21.3.